The van der Waals surface area contributed by atoms with Crippen LogP contribution in [0.15, 0.2) is 52.7 Å². The molecule has 2 aromatic carbocycles. The quantitative estimate of drug-likeness (QED) is 0.596. The summed E-state index contributed by atoms with van der Waals surface area (Å²) in [6.45, 7) is 8.02. The van der Waals surface area contributed by atoms with Crippen molar-refractivity contribution in [2.75, 3.05) is 31.1 Å². The highest BCUT2D eigenvalue weighted by atomic mass is 32.2. The Bertz CT molecular complexity index is 1110. The van der Waals surface area contributed by atoms with Crippen LogP contribution in [0.5, 0.6) is 0 Å². The Morgan fingerprint density at radius 3 is 2.23 bits per heavy atom. The van der Waals surface area contributed by atoms with Crippen LogP contribution >= 0.6 is 11.3 Å². The Balaban J connectivity index is 1.44. The molecule has 158 valence electrons. The van der Waals surface area contributed by atoms with E-state index in [-0.39, 0.29) is 0 Å². The fourth-order valence-corrected chi connectivity index (χ4v) is 6.86. The molecule has 30 heavy (non-hydrogen) atoms. The van der Waals surface area contributed by atoms with E-state index in [0.29, 0.717) is 31.1 Å². The number of anilines is 1. The summed E-state index contributed by atoms with van der Waals surface area (Å²) < 4.78 is 28.2. The number of rotatable bonds is 5. The molecule has 0 unspecified atom stereocenters. The van der Waals surface area contributed by atoms with Crippen molar-refractivity contribution in [1.82, 2.24) is 9.29 Å². The molecule has 1 aromatic heterocycles. The monoisotopic (exact) mass is 441 g/mol. The molecule has 1 aliphatic heterocycles. The zero-order chi connectivity index (χ0) is 21.3. The molecule has 0 atom stereocenters. The van der Waals surface area contributed by atoms with Crippen LogP contribution in [0.25, 0.3) is 0 Å². The third kappa shape index (κ3) is 4.29. The second-order valence-electron chi connectivity index (χ2n) is 7.90. The first-order valence-corrected chi connectivity index (χ1v) is 12.5. The summed E-state index contributed by atoms with van der Waals surface area (Å²) >= 11 is 1.63. The fourth-order valence-electron chi connectivity index (χ4n) is 4.15. The van der Waals surface area contributed by atoms with Gasteiger partial charge in [0, 0.05) is 38.0 Å². The van der Waals surface area contributed by atoms with Gasteiger partial charge >= 0.3 is 0 Å². The standard InChI is InChI=1S/C23H27N3O2S2/c1-17-13-18(2)22(19(3)14-17)30(27,28)26-11-9-25(10-12-26)23-24-21(16-29-23)15-20-7-5-4-6-8-20/h4-8,13-14,16H,9-12,15H2,1-3H3. The summed E-state index contributed by atoms with van der Waals surface area (Å²) in [6.07, 6.45) is 0.817. The highest BCUT2D eigenvalue weighted by Crippen LogP contribution is 2.28. The molecule has 0 aliphatic carbocycles. The summed E-state index contributed by atoms with van der Waals surface area (Å²) in [4.78, 5) is 7.44. The van der Waals surface area contributed by atoms with Crippen molar-refractivity contribution < 1.29 is 8.42 Å². The van der Waals surface area contributed by atoms with E-state index in [1.807, 2.05) is 51.1 Å². The van der Waals surface area contributed by atoms with E-state index in [4.69, 9.17) is 4.98 Å². The van der Waals surface area contributed by atoms with Crippen LogP contribution in [0.3, 0.4) is 0 Å². The lowest BCUT2D eigenvalue weighted by atomic mass is 10.1. The van der Waals surface area contributed by atoms with E-state index < -0.39 is 10.0 Å². The van der Waals surface area contributed by atoms with Crippen molar-refractivity contribution in [3.8, 4) is 0 Å². The van der Waals surface area contributed by atoms with Gasteiger partial charge in [0.25, 0.3) is 0 Å². The van der Waals surface area contributed by atoms with Gasteiger partial charge in [0.15, 0.2) is 5.13 Å². The van der Waals surface area contributed by atoms with Gasteiger partial charge < -0.3 is 4.90 Å². The third-order valence-corrected chi connectivity index (χ3v) is 8.63. The maximum absolute atomic E-state index is 13.3. The number of aryl methyl sites for hydroxylation is 3. The molecular weight excluding hydrogens is 414 g/mol. The van der Waals surface area contributed by atoms with Gasteiger partial charge in [-0.05, 0) is 37.5 Å². The van der Waals surface area contributed by atoms with Crippen LogP contribution in [-0.4, -0.2) is 43.9 Å². The third-order valence-electron chi connectivity index (χ3n) is 5.48. The fraction of sp³-hybridized carbons (Fsp3) is 0.348. The number of hydrogen-bond acceptors (Lipinski definition) is 5. The Kier molecular flexibility index (Phi) is 5.95. The highest BCUT2D eigenvalue weighted by Gasteiger charge is 2.31. The van der Waals surface area contributed by atoms with E-state index >= 15 is 0 Å². The average molecular weight is 442 g/mol. The molecule has 7 heteroatoms. The van der Waals surface area contributed by atoms with Gasteiger partial charge in [0.2, 0.25) is 10.0 Å². The van der Waals surface area contributed by atoms with Crippen LogP contribution in [0.2, 0.25) is 0 Å². The number of aromatic nitrogens is 1. The molecule has 0 amide bonds. The molecule has 5 nitrogen and oxygen atoms in total. The SMILES string of the molecule is Cc1cc(C)c(S(=O)(=O)N2CCN(c3nc(Cc4ccccc4)cs3)CC2)c(C)c1. The van der Waals surface area contributed by atoms with Gasteiger partial charge in [-0.3, -0.25) is 0 Å². The van der Waals surface area contributed by atoms with Gasteiger partial charge in [0.05, 0.1) is 10.6 Å². The lowest BCUT2D eigenvalue weighted by molar-refractivity contribution is 0.384. The molecule has 0 saturated carbocycles. The first-order chi connectivity index (χ1) is 14.3. The number of hydrogen-bond donors (Lipinski definition) is 0. The minimum atomic E-state index is -3.49. The molecule has 0 N–H and O–H groups in total. The number of piperazine rings is 1. The lowest BCUT2D eigenvalue weighted by Gasteiger charge is -2.34. The molecule has 0 bridgehead atoms. The van der Waals surface area contributed by atoms with Crippen LogP contribution < -0.4 is 4.90 Å². The highest BCUT2D eigenvalue weighted by molar-refractivity contribution is 7.89. The molecule has 0 radical (unpaired) electrons. The van der Waals surface area contributed by atoms with E-state index in [1.54, 1.807) is 15.6 Å². The first kappa shape index (κ1) is 21.0. The van der Waals surface area contributed by atoms with E-state index in [2.05, 4.69) is 22.4 Å². The van der Waals surface area contributed by atoms with Crippen molar-refractivity contribution >= 4 is 26.5 Å². The smallest absolute Gasteiger partial charge is 0.243 e. The molecule has 0 spiro atoms. The normalized spacial score (nSPS) is 15.5. The van der Waals surface area contributed by atoms with Gasteiger partial charge in [-0.2, -0.15) is 4.31 Å². The number of nitrogens with zero attached hydrogens (tertiary/aromatic N) is 3. The first-order valence-electron chi connectivity index (χ1n) is 10.2. The maximum atomic E-state index is 13.3. The summed E-state index contributed by atoms with van der Waals surface area (Å²) in [5.74, 6) is 0. The van der Waals surface area contributed by atoms with Crippen LogP contribution in [0.4, 0.5) is 5.13 Å². The second kappa shape index (κ2) is 8.49. The molecule has 3 aromatic rings. The Morgan fingerprint density at radius 1 is 0.967 bits per heavy atom. The van der Waals surface area contributed by atoms with Crippen molar-refractivity contribution in [2.24, 2.45) is 0 Å². The number of sulfonamides is 1. The average Bonchev–Trinajstić information content (AvgIpc) is 3.16. The molecule has 1 aliphatic rings. The minimum Gasteiger partial charge on any atom is -0.345 e. The van der Waals surface area contributed by atoms with Crippen molar-refractivity contribution in [2.45, 2.75) is 32.1 Å². The van der Waals surface area contributed by atoms with Crippen molar-refractivity contribution in [3.63, 3.8) is 0 Å². The van der Waals surface area contributed by atoms with Crippen LogP contribution in [0.1, 0.15) is 27.9 Å². The van der Waals surface area contributed by atoms with Crippen LogP contribution in [0, 0.1) is 20.8 Å². The Labute approximate surface area is 183 Å². The van der Waals surface area contributed by atoms with Gasteiger partial charge in [0.1, 0.15) is 0 Å². The largest absolute Gasteiger partial charge is 0.345 e. The minimum absolute atomic E-state index is 0.459. The van der Waals surface area contributed by atoms with E-state index in [9.17, 15) is 8.42 Å². The summed E-state index contributed by atoms with van der Waals surface area (Å²) in [6, 6.07) is 14.2. The number of thiazole rings is 1. The van der Waals surface area contributed by atoms with E-state index in [1.165, 1.54) is 5.56 Å². The second-order valence-corrected chi connectivity index (χ2v) is 10.6. The Hall–Kier alpha value is -2.22. The summed E-state index contributed by atoms with van der Waals surface area (Å²) in [5, 5.41) is 3.07. The maximum Gasteiger partial charge on any atom is 0.243 e. The molecule has 1 fully saturated rings. The summed E-state index contributed by atoms with van der Waals surface area (Å²) in [7, 11) is -3.49. The molecule has 1 saturated heterocycles. The van der Waals surface area contributed by atoms with E-state index in [0.717, 1.165) is 33.9 Å². The molecular formula is C23H27N3O2S2. The predicted octanol–water partition coefficient (Wildman–Crippen LogP) is 4.17. The zero-order valence-corrected chi connectivity index (χ0v) is 19.3. The van der Waals surface area contributed by atoms with Gasteiger partial charge in [-0.25, -0.2) is 13.4 Å². The van der Waals surface area contributed by atoms with Gasteiger partial charge in [-0.15, -0.1) is 11.3 Å². The lowest BCUT2D eigenvalue weighted by Crippen LogP contribution is -2.48. The van der Waals surface area contributed by atoms with Gasteiger partial charge in [-0.1, -0.05) is 48.0 Å². The topological polar surface area (TPSA) is 53.5 Å². The van der Waals surface area contributed by atoms with Crippen molar-refractivity contribution in [3.05, 3.63) is 75.8 Å². The number of benzene rings is 2. The van der Waals surface area contributed by atoms with Crippen molar-refractivity contribution in [1.29, 1.82) is 0 Å². The Morgan fingerprint density at radius 2 is 1.60 bits per heavy atom. The predicted molar refractivity (Wildman–Crippen MR) is 123 cm³/mol. The van der Waals surface area contributed by atoms with Crippen LogP contribution in [-0.2, 0) is 16.4 Å². The zero-order valence-electron chi connectivity index (χ0n) is 17.6. The summed E-state index contributed by atoms with van der Waals surface area (Å²) in [5.41, 5.74) is 5.03. The molecule has 2 heterocycles. The molecule has 4 rings (SSSR count).